The summed E-state index contributed by atoms with van der Waals surface area (Å²) in [7, 11) is 0. The lowest BCUT2D eigenvalue weighted by molar-refractivity contribution is -0.508. The number of nitroso groups, excluding NO2 is 2. The first-order valence-electron chi connectivity index (χ1n) is 11.5. The molecule has 0 fully saturated rings. The molecule has 4 aromatic carbocycles. The summed E-state index contributed by atoms with van der Waals surface area (Å²) < 4.78 is 2.01. The van der Waals surface area contributed by atoms with Gasteiger partial charge in [-0.15, -0.1) is 0 Å². The van der Waals surface area contributed by atoms with Crippen LogP contribution in [0.4, 0.5) is 28.4 Å². The third kappa shape index (κ3) is 4.12. The molecule has 35 heavy (non-hydrogen) atoms. The molecular weight excluding hydrogens is 438 g/mol. The molecule has 5 rings (SSSR count). The fraction of sp³-hybridized carbons (Fsp3) is 0.143. The molecule has 0 amide bonds. The summed E-state index contributed by atoms with van der Waals surface area (Å²) in [4.78, 5) is 26.0. The van der Waals surface area contributed by atoms with Crippen molar-refractivity contribution < 1.29 is 9.52 Å². The number of aryl methyl sites for hydroxylation is 1. The number of nitrogens with one attached hydrogen (secondary N) is 1. The number of benzene rings is 4. The highest BCUT2D eigenvalue weighted by atomic mass is 16.3. The van der Waals surface area contributed by atoms with Crippen LogP contribution in [0.5, 0.6) is 0 Å². The van der Waals surface area contributed by atoms with E-state index in [4.69, 9.17) is 11.5 Å². The van der Waals surface area contributed by atoms with Gasteiger partial charge in [-0.05, 0) is 78.7 Å². The molecule has 5 N–H and O–H groups in total. The first kappa shape index (κ1) is 22.3. The van der Waals surface area contributed by atoms with Gasteiger partial charge in [0.15, 0.2) is 0 Å². The maximum Gasteiger partial charge on any atom is 0.307 e. The van der Waals surface area contributed by atoms with Crippen molar-refractivity contribution in [2.45, 2.75) is 26.1 Å². The Labute approximate surface area is 203 Å². The van der Waals surface area contributed by atoms with Crippen molar-refractivity contribution >= 4 is 28.4 Å². The molecule has 7 nitrogen and oxygen atoms in total. The Hall–Kier alpha value is -4.52. The van der Waals surface area contributed by atoms with Gasteiger partial charge in [0.25, 0.3) is 11.4 Å². The van der Waals surface area contributed by atoms with E-state index in [-0.39, 0.29) is 6.04 Å². The molecule has 1 aliphatic rings. The minimum Gasteiger partial charge on any atom is -0.399 e. The van der Waals surface area contributed by atoms with Gasteiger partial charge in [-0.1, -0.05) is 12.1 Å². The van der Waals surface area contributed by atoms with Crippen molar-refractivity contribution in [3.8, 4) is 11.1 Å². The van der Waals surface area contributed by atoms with Crippen molar-refractivity contribution in [3.05, 3.63) is 111 Å². The highest BCUT2D eigenvalue weighted by Crippen LogP contribution is 2.42. The lowest BCUT2D eigenvalue weighted by atomic mass is 10.0. The standard InChI is InChI=1S/C28H27N5O2/c1-17-15-21(7-13-26(17)32(34)18(2)19-3-9-23(29)10-4-19)22-8-14-27-25(16-22)31-28(33(27)35)20-5-11-24(30)12-6-20/h3-16,18,28,31H,29-30H2,1-2H3/q+2. The van der Waals surface area contributed by atoms with E-state index in [9.17, 15) is 9.81 Å². The van der Waals surface area contributed by atoms with E-state index in [0.29, 0.717) is 22.7 Å². The Balaban J connectivity index is 1.39. The lowest BCUT2D eigenvalue weighted by Gasteiger charge is -2.08. The van der Waals surface area contributed by atoms with Gasteiger partial charge in [0.1, 0.15) is 5.69 Å². The smallest absolute Gasteiger partial charge is 0.307 e. The van der Waals surface area contributed by atoms with Gasteiger partial charge >= 0.3 is 6.17 Å². The summed E-state index contributed by atoms with van der Waals surface area (Å²) in [5.41, 5.74) is 19.4. The molecule has 174 valence electrons. The fourth-order valence-electron chi connectivity index (χ4n) is 4.47. The molecule has 7 heteroatoms. The van der Waals surface area contributed by atoms with Gasteiger partial charge < -0.3 is 16.8 Å². The van der Waals surface area contributed by atoms with E-state index < -0.39 is 6.17 Å². The highest BCUT2D eigenvalue weighted by molar-refractivity contribution is 5.76. The summed E-state index contributed by atoms with van der Waals surface area (Å²) in [5.74, 6) is 0. The first-order valence-corrected chi connectivity index (χ1v) is 11.5. The van der Waals surface area contributed by atoms with Gasteiger partial charge in [-0.2, -0.15) is 0 Å². The number of hydrogen-bond acceptors (Lipinski definition) is 5. The minimum absolute atomic E-state index is 0.349. The quantitative estimate of drug-likeness (QED) is 0.229. The van der Waals surface area contributed by atoms with E-state index in [1.165, 1.54) is 0 Å². The number of hydrogen-bond donors (Lipinski definition) is 3. The van der Waals surface area contributed by atoms with E-state index in [2.05, 4.69) is 5.32 Å². The second-order valence-electron chi connectivity index (χ2n) is 8.94. The van der Waals surface area contributed by atoms with Crippen molar-refractivity contribution in [2.75, 3.05) is 16.8 Å². The van der Waals surface area contributed by atoms with Gasteiger partial charge in [0.05, 0.1) is 4.76 Å². The van der Waals surface area contributed by atoms with Crippen LogP contribution >= 0.6 is 0 Å². The molecule has 1 heterocycles. The normalized spacial score (nSPS) is 15.4. The summed E-state index contributed by atoms with van der Waals surface area (Å²) in [6, 6.07) is 25.8. The minimum atomic E-state index is -0.506. The van der Waals surface area contributed by atoms with Crippen LogP contribution in [-0.4, -0.2) is 9.52 Å². The van der Waals surface area contributed by atoms with Crippen LogP contribution in [0.15, 0.2) is 84.9 Å². The Kier molecular flexibility index (Phi) is 5.53. The number of nitrogens with two attached hydrogens (primary N) is 2. The van der Waals surface area contributed by atoms with Crippen LogP contribution in [0.2, 0.25) is 0 Å². The van der Waals surface area contributed by atoms with E-state index in [1.807, 2.05) is 74.5 Å². The van der Waals surface area contributed by atoms with E-state index >= 15 is 0 Å². The highest BCUT2D eigenvalue weighted by Gasteiger charge is 2.39. The number of fused-ring (bicyclic) bond motifs is 1. The number of anilines is 3. The number of rotatable bonds is 5. The molecule has 2 unspecified atom stereocenters. The zero-order valence-electron chi connectivity index (χ0n) is 19.6. The summed E-state index contributed by atoms with van der Waals surface area (Å²) >= 11 is 0. The number of nitrogen functional groups attached to an aromatic ring is 2. The average Bonchev–Trinajstić information content (AvgIpc) is 3.19. The third-order valence-corrected chi connectivity index (χ3v) is 6.55. The van der Waals surface area contributed by atoms with Gasteiger partial charge in [-0.3, -0.25) is 0 Å². The maximum absolute atomic E-state index is 13.1. The molecule has 1 aliphatic heterocycles. The fourth-order valence-corrected chi connectivity index (χ4v) is 4.47. The third-order valence-electron chi connectivity index (χ3n) is 6.55. The maximum atomic E-state index is 13.1. The Morgan fingerprint density at radius 1 is 0.857 bits per heavy atom. The Bertz CT molecular complexity index is 1450. The van der Waals surface area contributed by atoms with Crippen molar-refractivity contribution in [3.63, 3.8) is 0 Å². The molecule has 0 aromatic heterocycles. The molecule has 0 radical (unpaired) electrons. The van der Waals surface area contributed by atoms with Crippen molar-refractivity contribution in [1.29, 1.82) is 0 Å². The second-order valence-corrected chi connectivity index (χ2v) is 8.94. The number of nitrogens with zero attached hydrogens (tertiary/aromatic N) is 2. The molecule has 2 atom stereocenters. The van der Waals surface area contributed by atoms with Gasteiger partial charge in [-0.25, -0.2) is 0 Å². The molecular formula is C28H27N5O2+2. The van der Waals surface area contributed by atoms with Crippen LogP contribution in [0.1, 0.15) is 35.8 Å². The van der Waals surface area contributed by atoms with Crippen molar-refractivity contribution in [1.82, 2.24) is 0 Å². The van der Waals surface area contributed by atoms with Crippen LogP contribution < -0.4 is 16.8 Å². The predicted molar refractivity (Wildman–Crippen MR) is 140 cm³/mol. The molecule has 0 spiro atoms. The Morgan fingerprint density at radius 2 is 1.46 bits per heavy atom. The van der Waals surface area contributed by atoms with Gasteiger partial charge in [0.2, 0.25) is 6.04 Å². The van der Waals surface area contributed by atoms with E-state index in [1.54, 1.807) is 24.3 Å². The van der Waals surface area contributed by atoms with Gasteiger partial charge in [0, 0.05) is 61.7 Å². The second kappa shape index (κ2) is 8.68. The van der Waals surface area contributed by atoms with Crippen LogP contribution in [-0.2, 0) is 0 Å². The van der Waals surface area contributed by atoms with Crippen LogP contribution in [0.3, 0.4) is 0 Å². The summed E-state index contributed by atoms with van der Waals surface area (Å²) in [5, 5.41) is 3.32. The summed E-state index contributed by atoms with van der Waals surface area (Å²) in [6.45, 7) is 3.81. The molecule has 0 aliphatic carbocycles. The lowest BCUT2D eigenvalue weighted by Crippen LogP contribution is -2.12. The van der Waals surface area contributed by atoms with E-state index in [0.717, 1.165) is 43.0 Å². The molecule has 4 aromatic rings. The molecule has 0 saturated carbocycles. The SMILES string of the molecule is Cc1cc(-c2ccc3c(c2)NC(c2ccc(N)cc2)[N+]3=O)ccc1[N+](=O)C(C)c1ccc(N)cc1. The van der Waals surface area contributed by atoms with Crippen LogP contribution in [0, 0.1) is 16.7 Å². The van der Waals surface area contributed by atoms with Crippen LogP contribution in [0.25, 0.3) is 11.1 Å². The topological polar surface area (TPSA) is 104 Å². The van der Waals surface area contributed by atoms with Crippen molar-refractivity contribution in [2.24, 2.45) is 0 Å². The summed E-state index contributed by atoms with van der Waals surface area (Å²) in [6.07, 6.45) is -0.506. The molecule has 0 bridgehead atoms. The monoisotopic (exact) mass is 465 g/mol. The molecule has 0 saturated heterocycles. The average molecular weight is 466 g/mol. The largest absolute Gasteiger partial charge is 0.399 e. The predicted octanol–water partition coefficient (Wildman–Crippen LogP) is 6.53. The zero-order valence-corrected chi connectivity index (χ0v) is 19.6. The first-order chi connectivity index (χ1) is 16.8. The Morgan fingerprint density at radius 3 is 2.11 bits per heavy atom. The zero-order chi connectivity index (χ0) is 24.7.